The minimum atomic E-state index is -4.00. The van der Waals surface area contributed by atoms with E-state index in [1.807, 2.05) is 48.5 Å². The summed E-state index contributed by atoms with van der Waals surface area (Å²) in [4.78, 5) is 8.63. The van der Waals surface area contributed by atoms with Gasteiger partial charge in [0.15, 0.2) is 0 Å². The Bertz CT molecular complexity index is 1280. The van der Waals surface area contributed by atoms with Crippen molar-refractivity contribution in [2.75, 3.05) is 11.8 Å². The van der Waals surface area contributed by atoms with E-state index in [1.165, 1.54) is 13.2 Å². The number of benzene rings is 3. The molecule has 156 valence electrons. The molecular formula is C23H19N3O4S. The average Bonchev–Trinajstić information content (AvgIpc) is 2.80. The van der Waals surface area contributed by atoms with Crippen LogP contribution in [0.15, 0.2) is 95.9 Å². The molecule has 0 bridgehead atoms. The normalized spacial score (nSPS) is 11.0. The largest absolute Gasteiger partial charge is 0.495 e. The molecule has 0 aliphatic carbocycles. The fourth-order valence-electron chi connectivity index (χ4n) is 2.90. The third kappa shape index (κ3) is 4.81. The highest BCUT2D eigenvalue weighted by Crippen LogP contribution is 2.28. The van der Waals surface area contributed by atoms with Crippen molar-refractivity contribution < 1.29 is 17.9 Å². The van der Waals surface area contributed by atoms with Crippen molar-refractivity contribution in [3.05, 3.63) is 91.0 Å². The van der Waals surface area contributed by atoms with Crippen molar-refractivity contribution in [3.8, 4) is 28.6 Å². The lowest BCUT2D eigenvalue weighted by molar-refractivity contribution is 0.403. The molecule has 0 radical (unpaired) electrons. The molecule has 0 aliphatic rings. The van der Waals surface area contributed by atoms with Gasteiger partial charge in [0.2, 0.25) is 11.8 Å². The van der Waals surface area contributed by atoms with Gasteiger partial charge in [-0.15, -0.1) is 0 Å². The van der Waals surface area contributed by atoms with Crippen molar-refractivity contribution in [1.29, 1.82) is 0 Å². The fourth-order valence-corrected chi connectivity index (χ4v) is 4.02. The van der Waals surface area contributed by atoms with Crippen molar-refractivity contribution in [3.63, 3.8) is 0 Å². The molecule has 1 N–H and O–H groups in total. The molecule has 0 saturated heterocycles. The van der Waals surface area contributed by atoms with E-state index in [1.54, 1.807) is 36.4 Å². The van der Waals surface area contributed by atoms with Crippen LogP contribution in [0, 0.1) is 0 Å². The van der Waals surface area contributed by atoms with Gasteiger partial charge < -0.3 is 9.47 Å². The first-order valence-corrected chi connectivity index (χ1v) is 10.9. The Kier molecular flexibility index (Phi) is 5.81. The molecular weight excluding hydrogens is 414 g/mol. The molecule has 0 fully saturated rings. The van der Waals surface area contributed by atoms with Gasteiger partial charge in [-0.3, -0.25) is 0 Å². The van der Waals surface area contributed by atoms with E-state index in [4.69, 9.17) is 9.47 Å². The van der Waals surface area contributed by atoms with E-state index < -0.39 is 10.0 Å². The van der Waals surface area contributed by atoms with Gasteiger partial charge in [-0.1, -0.05) is 60.7 Å². The number of nitrogens with zero attached hydrogens (tertiary/aromatic N) is 2. The molecule has 0 spiro atoms. The Labute approximate surface area is 180 Å². The Hall–Kier alpha value is -3.91. The van der Waals surface area contributed by atoms with Crippen molar-refractivity contribution >= 4 is 16.0 Å². The van der Waals surface area contributed by atoms with Crippen LogP contribution in [0.25, 0.3) is 11.3 Å². The number of hydrogen-bond donors (Lipinski definition) is 1. The number of hydrogen-bond acceptors (Lipinski definition) is 6. The third-order valence-corrected chi connectivity index (χ3v) is 5.69. The lowest BCUT2D eigenvalue weighted by atomic mass is 10.1. The quantitative estimate of drug-likeness (QED) is 0.453. The van der Waals surface area contributed by atoms with E-state index in [9.17, 15) is 8.42 Å². The van der Waals surface area contributed by atoms with E-state index in [2.05, 4.69) is 14.7 Å². The van der Waals surface area contributed by atoms with Crippen LogP contribution in [0.3, 0.4) is 0 Å². The molecule has 0 amide bonds. The van der Waals surface area contributed by atoms with E-state index >= 15 is 0 Å². The third-order valence-electron chi connectivity index (χ3n) is 4.32. The van der Waals surface area contributed by atoms with Gasteiger partial charge in [0.25, 0.3) is 10.0 Å². The minimum Gasteiger partial charge on any atom is -0.495 e. The maximum Gasteiger partial charge on any atom is 0.267 e. The Morgan fingerprint density at radius 1 is 0.806 bits per heavy atom. The zero-order chi connectivity index (χ0) is 21.7. The number of ether oxygens (including phenoxy) is 2. The van der Waals surface area contributed by atoms with Crippen LogP contribution in [-0.4, -0.2) is 25.5 Å². The summed E-state index contributed by atoms with van der Waals surface area (Å²) < 4.78 is 39.4. The number of nitrogens with one attached hydrogen (secondary N) is 1. The summed E-state index contributed by atoms with van der Waals surface area (Å²) in [5.74, 6) is 0.879. The zero-order valence-electron chi connectivity index (χ0n) is 16.6. The number of methoxy groups -OCH3 is 1. The molecule has 4 rings (SSSR count). The van der Waals surface area contributed by atoms with Crippen molar-refractivity contribution in [2.24, 2.45) is 0 Å². The Morgan fingerprint density at radius 2 is 1.45 bits per heavy atom. The topological polar surface area (TPSA) is 90.4 Å². The maximum atomic E-state index is 13.0. The first-order chi connectivity index (χ1) is 15.0. The fraction of sp³-hybridized carbons (Fsp3) is 0.0435. The number of anilines is 1. The van der Waals surface area contributed by atoms with Gasteiger partial charge in [0, 0.05) is 11.6 Å². The molecule has 0 saturated carbocycles. The van der Waals surface area contributed by atoms with E-state index in [-0.39, 0.29) is 22.5 Å². The van der Waals surface area contributed by atoms with Crippen molar-refractivity contribution in [2.45, 2.75) is 4.90 Å². The van der Waals surface area contributed by atoms with Crippen LogP contribution in [0.4, 0.5) is 5.95 Å². The van der Waals surface area contributed by atoms with E-state index in [0.29, 0.717) is 11.4 Å². The van der Waals surface area contributed by atoms with Crippen LogP contribution in [0.5, 0.6) is 17.4 Å². The summed E-state index contributed by atoms with van der Waals surface area (Å²) in [6.45, 7) is 0. The van der Waals surface area contributed by atoms with Crippen LogP contribution in [-0.2, 0) is 10.0 Å². The van der Waals surface area contributed by atoms with Crippen LogP contribution in [0.2, 0.25) is 0 Å². The second kappa shape index (κ2) is 8.85. The first-order valence-electron chi connectivity index (χ1n) is 9.38. The predicted octanol–water partition coefficient (Wildman–Crippen LogP) is 4.75. The molecule has 0 unspecified atom stereocenters. The van der Waals surface area contributed by atoms with Crippen LogP contribution >= 0.6 is 0 Å². The summed E-state index contributed by atoms with van der Waals surface area (Å²) in [6.07, 6.45) is 0. The smallest absolute Gasteiger partial charge is 0.267 e. The predicted molar refractivity (Wildman–Crippen MR) is 118 cm³/mol. The van der Waals surface area contributed by atoms with Crippen molar-refractivity contribution in [1.82, 2.24) is 9.97 Å². The number of para-hydroxylation sites is 2. The number of rotatable bonds is 7. The standard InChI is InChI=1S/C23H19N3O4S/c1-29-20-14-8-9-15-21(20)31(27,28)26-23-24-19(17-10-4-2-5-11-17)16-22(25-23)30-18-12-6-3-7-13-18/h2-16H,1H3,(H,24,25,26). The lowest BCUT2D eigenvalue weighted by Crippen LogP contribution is -2.16. The van der Waals surface area contributed by atoms with Gasteiger partial charge in [-0.2, -0.15) is 4.98 Å². The van der Waals surface area contributed by atoms with Crippen LogP contribution in [0.1, 0.15) is 0 Å². The molecule has 1 heterocycles. The molecule has 4 aromatic rings. The summed E-state index contributed by atoms with van der Waals surface area (Å²) in [7, 11) is -2.59. The number of sulfonamides is 1. The molecule has 0 atom stereocenters. The average molecular weight is 433 g/mol. The summed E-state index contributed by atoms with van der Waals surface area (Å²) in [6, 6.07) is 26.4. The SMILES string of the molecule is COc1ccccc1S(=O)(=O)Nc1nc(Oc2ccccc2)cc(-c2ccccc2)n1. The number of aromatic nitrogens is 2. The zero-order valence-corrected chi connectivity index (χ0v) is 17.4. The van der Waals surface area contributed by atoms with E-state index in [0.717, 1.165) is 5.56 Å². The van der Waals surface area contributed by atoms with Gasteiger partial charge in [-0.05, 0) is 24.3 Å². The highest BCUT2D eigenvalue weighted by atomic mass is 32.2. The molecule has 1 aromatic heterocycles. The second-order valence-corrected chi connectivity index (χ2v) is 8.10. The molecule has 7 nitrogen and oxygen atoms in total. The maximum absolute atomic E-state index is 13.0. The Balaban J connectivity index is 1.75. The molecule has 8 heteroatoms. The lowest BCUT2D eigenvalue weighted by Gasteiger charge is -2.13. The summed E-state index contributed by atoms with van der Waals surface area (Å²) >= 11 is 0. The van der Waals surface area contributed by atoms with Gasteiger partial charge in [0.1, 0.15) is 16.4 Å². The molecule has 0 aliphatic heterocycles. The van der Waals surface area contributed by atoms with Gasteiger partial charge >= 0.3 is 0 Å². The first kappa shape index (κ1) is 20.4. The monoisotopic (exact) mass is 433 g/mol. The van der Waals surface area contributed by atoms with Crippen LogP contribution < -0.4 is 14.2 Å². The summed E-state index contributed by atoms with van der Waals surface area (Å²) in [5, 5.41) is 0. The van der Waals surface area contributed by atoms with Gasteiger partial charge in [0.05, 0.1) is 12.8 Å². The molecule has 3 aromatic carbocycles. The second-order valence-electron chi connectivity index (χ2n) is 6.45. The molecule has 31 heavy (non-hydrogen) atoms. The highest BCUT2D eigenvalue weighted by Gasteiger charge is 2.21. The van der Waals surface area contributed by atoms with Gasteiger partial charge in [-0.25, -0.2) is 18.1 Å². The highest BCUT2D eigenvalue weighted by molar-refractivity contribution is 7.92. The Morgan fingerprint density at radius 3 is 2.16 bits per heavy atom. The summed E-state index contributed by atoms with van der Waals surface area (Å²) in [5.41, 5.74) is 1.31. The minimum absolute atomic E-state index is 0.0169.